The molecule has 1 amide bonds. The van der Waals surface area contributed by atoms with Crippen molar-refractivity contribution in [2.24, 2.45) is 0 Å². The van der Waals surface area contributed by atoms with Crippen molar-refractivity contribution in [3.05, 3.63) is 63.2 Å². The van der Waals surface area contributed by atoms with Crippen LogP contribution in [-0.2, 0) is 19.7 Å². The van der Waals surface area contributed by atoms with Crippen molar-refractivity contribution in [2.75, 3.05) is 7.05 Å². The molecule has 7 nitrogen and oxygen atoms in total. The molecule has 2 heterocycles. The Morgan fingerprint density at radius 3 is 2.79 bits per heavy atom. The molecule has 0 bridgehead atoms. The SMILES string of the molecule is CCn1ncc(Br)c1CN(C)C(=O)c1noc(C)c1COc1ccccc1C. The highest BCUT2D eigenvalue weighted by molar-refractivity contribution is 9.10. The predicted octanol–water partition coefficient (Wildman–Crippen LogP) is 4.12. The van der Waals surface area contributed by atoms with E-state index >= 15 is 0 Å². The third kappa shape index (κ3) is 4.11. The normalized spacial score (nSPS) is 10.9. The quantitative estimate of drug-likeness (QED) is 0.545. The van der Waals surface area contributed by atoms with E-state index in [0.717, 1.165) is 28.0 Å². The lowest BCUT2D eigenvalue weighted by molar-refractivity contribution is 0.0768. The molecular formula is C20H23BrN4O3. The molecule has 0 spiro atoms. The Bertz CT molecular complexity index is 980. The predicted molar refractivity (Wildman–Crippen MR) is 108 cm³/mol. The van der Waals surface area contributed by atoms with Crippen LogP contribution in [0.4, 0.5) is 0 Å². The number of amides is 1. The fraction of sp³-hybridized carbons (Fsp3) is 0.350. The number of halogens is 1. The number of aromatic nitrogens is 3. The number of aryl methyl sites for hydroxylation is 3. The minimum absolute atomic E-state index is 0.214. The number of carbonyl (C=O) groups excluding carboxylic acids is 1. The average molecular weight is 447 g/mol. The Balaban J connectivity index is 1.77. The van der Waals surface area contributed by atoms with Gasteiger partial charge in [-0.2, -0.15) is 5.10 Å². The van der Waals surface area contributed by atoms with E-state index in [2.05, 4.69) is 26.2 Å². The highest BCUT2D eigenvalue weighted by Crippen LogP contribution is 2.23. The molecule has 0 aliphatic rings. The van der Waals surface area contributed by atoms with Crippen molar-refractivity contribution < 1.29 is 14.1 Å². The van der Waals surface area contributed by atoms with Crippen molar-refractivity contribution in [1.82, 2.24) is 19.8 Å². The van der Waals surface area contributed by atoms with Crippen LogP contribution in [0, 0.1) is 13.8 Å². The smallest absolute Gasteiger partial charge is 0.276 e. The number of nitrogens with zero attached hydrogens (tertiary/aromatic N) is 4. The first-order valence-electron chi connectivity index (χ1n) is 9.01. The molecule has 3 rings (SSSR count). The summed E-state index contributed by atoms with van der Waals surface area (Å²) in [4.78, 5) is 14.6. The van der Waals surface area contributed by atoms with Crippen molar-refractivity contribution in [3.8, 4) is 5.75 Å². The first-order chi connectivity index (χ1) is 13.4. The largest absolute Gasteiger partial charge is 0.488 e. The maximum Gasteiger partial charge on any atom is 0.276 e. The van der Waals surface area contributed by atoms with Crippen LogP contribution in [0.3, 0.4) is 0 Å². The molecule has 3 aromatic rings. The van der Waals surface area contributed by atoms with Crippen molar-refractivity contribution in [2.45, 2.75) is 40.5 Å². The molecule has 0 fully saturated rings. The summed E-state index contributed by atoms with van der Waals surface area (Å²) in [6.07, 6.45) is 1.73. The molecule has 28 heavy (non-hydrogen) atoms. The van der Waals surface area contributed by atoms with Gasteiger partial charge in [-0.3, -0.25) is 9.48 Å². The number of para-hydroxylation sites is 1. The maximum atomic E-state index is 13.0. The highest BCUT2D eigenvalue weighted by atomic mass is 79.9. The molecular weight excluding hydrogens is 424 g/mol. The number of rotatable bonds is 7. The molecule has 0 aliphatic carbocycles. The molecule has 2 aromatic heterocycles. The minimum Gasteiger partial charge on any atom is -0.488 e. The van der Waals surface area contributed by atoms with Crippen LogP contribution in [0.5, 0.6) is 5.75 Å². The number of hydrogen-bond donors (Lipinski definition) is 0. The molecule has 0 atom stereocenters. The van der Waals surface area contributed by atoms with Gasteiger partial charge < -0.3 is 14.2 Å². The molecule has 0 saturated heterocycles. The third-order valence-electron chi connectivity index (χ3n) is 4.58. The second kappa shape index (κ2) is 8.60. The lowest BCUT2D eigenvalue weighted by Crippen LogP contribution is -2.29. The van der Waals surface area contributed by atoms with E-state index in [4.69, 9.17) is 9.26 Å². The van der Waals surface area contributed by atoms with E-state index < -0.39 is 0 Å². The van der Waals surface area contributed by atoms with Crippen LogP contribution < -0.4 is 4.74 Å². The van der Waals surface area contributed by atoms with Gasteiger partial charge in [-0.15, -0.1) is 0 Å². The zero-order chi connectivity index (χ0) is 20.3. The van der Waals surface area contributed by atoms with Crippen LogP contribution in [-0.4, -0.2) is 32.8 Å². The molecule has 0 N–H and O–H groups in total. The van der Waals surface area contributed by atoms with Gasteiger partial charge in [-0.25, -0.2) is 0 Å². The monoisotopic (exact) mass is 446 g/mol. The van der Waals surface area contributed by atoms with E-state index in [0.29, 0.717) is 17.9 Å². The zero-order valence-corrected chi connectivity index (χ0v) is 18.0. The lowest BCUT2D eigenvalue weighted by Gasteiger charge is -2.17. The van der Waals surface area contributed by atoms with Crippen LogP contribution in [0.25, 0.3) is 0 Å². The summed E-state index contributed by atoms with van der Waals surface area (Å²) in [5, 5.41) is 8.28. The maximum absolute atomic E-state index is 13.0. The average Bonchev–Trinajstić information content (AvgIpc) is 3.23. The number of carbonyl (C=O) groups is 1. The number of ether oxygens (including phenoxy) is 1. The van der Waals surface area contributed by atoms with Gasteiger partial charge in [0.15, 0.2) is 5.69 Å². The molecule has 0 unspecified atom stereocenters. The van der Waals surface area contributed by atoms with Gasteiger partial charge in [-0.1, -0.05) is 23.4 Å². The Hall–Kier alpha value is -2.61. The summed E-state index contributed by atoms with van der Waals surface area (Å²) in [6, 6.07) is 7.74. The van der Waals surface area contributed by atoms with Gasteiger partial charge >= 0.3 is 0 Å². The lowest BCUT2D eigenvalue weighted by atomic mass is 10.2. The van der Waals surface area contributed by atoms with Crippen molar-refractivity contribution in [3.63, 3.8) is 0 Å². The minimum atomic E-state index is -0.226. The zero-order valence-electron chi connectivity index (χ0n) is 16.4. The van der Waals surface area contributed by atoms with E-state index in [1.165, 1.54) is 0 Å². The summed E-state index contributed by atoms with van der Waals surface area (Å²) >= 11 is 3.49. The van der Waals surface area contributed by atoms with Crippen LogP contribution in [0.1, 0.15) is 40.0 Å². The summed E-state index contributed by atoms with van der Waals surface area (Å²) < 4.78 is 13.9. The first-order valence-corrected chi connectivity index (χ1v) is 9.80. The van der Waals surface area contributed by atoms with E-state index in [1.54, 1.807) is 25.1 Å². The molecule has 0 aliphatic heterocycles. The molecule has 148 valence electrons. The molecule has 1 aromatic carbocycles. The Morgan fingerprint density at radius 1 is 1.32 bits per heavy atom. The summed E-state index contributed by atoms with van der Waals surface area (Å²) in [7, 11) is 1.73. The topological polar surface area (TPSA) is 73.4 Å². The van der Waals surface area contributed by atoms with Crippen LogP contribution in [0.15, 0.2) is 39.5 Å². The first kappa shape index (κ1) is 20.1. The third-order valence-corrected chi connectivity index (χ3v) is 5.25. The number of hydrogen-bond acceptors (Lipinski definition) is 5. The molecule has 0 saturated carbocycles. The van der Waals surface area contributed by atoms with Gasteiger partial charge in [0.05, 0.1) is 28.5 Å². The molecule has 8 heteroatoms. The summed E-state index contributed by atoms with van der Waals surface area (Å²) in [6.45, 7) is 7.10. The fourth-order valence-electron chi connectivity index (χ4n) is 2.89. The van der Waals surface area contributed by atoms with Gasteiger partial charge in [0.1, 0.15) is 18.1 Å². The van der Waals surface area contributed by atoms with E-state index in [9.17, 15) is 4.79 Å². The van der Waals surface area contributed by atoms with Crippen LogP contribution in [0.2, 0.25) is 0 Å². The summed E-state index contributed by atoms with van der Waals surface area (Å²) in [5.74, 6) is 1.12. The second-order valence-electron chi connectivity index (χ2n) is 6.54. The van der Waals surface area contributed by atoms with Gasteiger partial charge in [0.25, 0.3) is 5.91 Å². The fourth-order valence-corrected chi connectivity index (χ4v) is 3.31. The van der Waals surface area contributed by atoms with Crippen LogP contribution >= 0.6 is 15.9 Å². The molecule has 0 radical (unpaired) electrons. The number of benzene rings is 1. The van der Waals surface area contributed by atoms with Crippen molar-refractivity contribution >= 4 is 21.8 Å². The second-order valence-corrected chi connectivity index (χ2v) is 7.39. The Morgan fingerprint density at radius 2 is 2.07 bits per heavy atom. The van der Waals surface area contributed by atoms with Crippen molar-refractivity contribution in [1.29, 1.82) is 0 Å². The van der Waals surface area contributed by atoms with Gasteiger partial charge in [-0.05, 0) is 48.3 Å². The van der Waals surface area contributed by atoms with Gasteiger partial charge in [0.2, 0.25) is 0 Å². The summed E-state index contributed by atoms with van der Waals surface area (Å²) in [5.41, 5.74) is 2.88. The van der Waals surface area contributed by atoms with E-state index in [-0.39, 0.29) is 18.2 Å². The Kier molecular flexibility index (Phi) is 6.18. The standard InChI is InChI=1S/C20H23BrN4O3/c1-5-25-17(16(21)10-22-25)11-24(4)20(26)19-15(14(3)28-23-19)12-27-18-9-7-6-8-13(18)2/h6-10H,5,11-12H2,1-4H3. The highest BCUT2D eigenvalue weighted by Gasteiger charge is 2.24. The van der Waals surface area contributed by atoms with Gasteiger partial charge in [0, 0.05) is 13.6 Å². The van der Waals surface area contributed by atoms with E-state index in [1.807, 2.05) is 42.8 Å². The Labute approximate surface area is 172 Å².